The predicted molar refractivity (Wildman–Crippen MR) is 81.0 cm³/mol. The van der Waals surface area contributed by atoms with Gasteiger partial charge in [0.25, 0.3) is 0 Å². The number of likely N-dealkylation sites (tertiary alicyclic amines) is 1. The normalized spacial score (nSPS) is 18.0. The first-order chi connectivity index (χ1) is 9.60. The molecule has 0 aromatic rings. The van der Waals surface area contributed by atoms with Crippen LogP contribution in [0.1, 0.15) is 65.2 Å². The van der Waals surface area contributed by atoms with Crippen LogP contribution in [0.25, 0.3) is 0 Å². The van der Waals surface area contributed by atoms with Crippen LogP contribution in [0, 0.1) is 11.8 Å². The number of hydrogen-bond acceptors (Lipinski definition) is 2. The minimum absolute atomic E-state index is 0.0383. The number of piperidine rings is 1. The summed E-state index contributed by atoms with van der Waals surface area (Å²) in [4.78, 5) is 25.6. The zero-order valence-corrected chi connectivity index (χ0v) is 13.1. The second kappa shape index (κ2) is 8.98. The fraction of sp³-hybridized carbons (Fsp3) is 0.875. The van der Waals surface area contributed by atoms with Crippen LogP contribution in [0.2, 0.25) is 0 Å². The molecule has 2 amide bonds. The lowest BCUT2D eigenvalue weighted by Crippen LogP contribution is -2.44. The van der Waals surface area contributed by atoms with Crippen LogP contribution < -0.4 is 5.73 Å². The van der Waals surface area contributed by atoms with Crippen LogP contribution in [-0.4, -0.2) is 29.8 Å². The molecule has 0 aromatic heterocycles. The van der Waals surface area contributed by atoms with E-state index in [1.807, 2.05) is 4.90 Å². The summed E-state index contributed by atoms with van der Waals surface area (Å²) in [7, 11) is 0. The van der Waals surface area contributed by atoms with Crippen LogP contribution in [0.15, 0.2) is 0 Å². The summed E-state index contributed by atoms with van der Waals surface area (Å²) in [5.74, 6) is 0.191. The van der Waals surface area contributed by atoms with Crippen molar-refractivity contribution in [1.29, 1.82) is 0 Å². The Morgan fingerprint density at radius 3 is 2.30 bits per heavy atom. The van der Waals surface area contributed by atoms with Gasteiger partial charge < -0.3 is 10.6 Å². The van der Waals surface area contributed by atoms with E-state index < -0.39 is 0 Å². The summed E-state index contributed by atoms with van der Waals surface area (Å²) < 4.78 is 0. The molecule has 0 spiro atoms. The maximum Gasteiger partial charge on any atom is 0.225 e. The predicted octanol–water partition coefficient (Wildman–Crippen LogP) is 2.71. The number of amides is 2. The van der Waals surface area contributed by atoms with Gasteiger partial charge in [0.15, 0.2) is 0 Å². The molecular formula is C16H30N2O2. The van der Waals surface area contributed by atoms with Gasteiger partial charge in [-0.05, 0) is 25.7 Å². The molecule has 0 aliphatic carbocycles. The van der Waals surface area contributed by atoms with Crippen LogP contribution in [0.4, 0.5) is 0 Å². The average molecular weight is 282 g/mol. The third kappa shape index (κ3) is 5.14. The van der Waals surface area contributed by atoms with Crippen LogP contribution in [-0.2, 0) is 9.59 Å². The monoisotopic (exact) mass is 282 g/mol. The number of unbranched alkanes of at least 4 members (excludes halogenated alkanes) is 3. The topological polar surface area (TPSA) is 63.4 Å². The Hall–Kier alpha value is -1.06. The highest BCUT2D eigenvalue weighted by atomic mass is 16.2. The van der Waals surface area contributed by atoms with Gasteiger partial charge in [-0.1, -0.05) is 39.5 Å². The summed E-state index contributed by atoms with van der Waals surface area (Å²) >= 11 is 0. The Balaban J connectivity index is 2.37. The molecule has 1 aliphatic rings. The van der Waals surface area contributed by atoms with E-state index in [9.17, 15) is 9.59 Å². The van der Waals surface area contributed by atoms with Gasteiger partial charge in [0.1, 0.15) is 0 Å². The zero-order chi connectivity index (χ0) is 15.0. The van der Waals surface area contributed by atoms with Gasteiger partial charge in [-0.3, -0.25) is 9.59 Å². The molecule has 0 unspecified atom stereocenters. The van der Waals surface area contributed by atoms with Gasteiger partial charge in [-0.2, -0.15) is 0 Å². The van der Waals surface area contributed by atoms with E-state index in [4.69, 9.17) is 5.73 Å². The minimum Gasteiger partial charge on any atom is -0.369 e. The smallest absolute Gasteiger partial charge is 0.225 e. The van der Waals surface area contributed by atoms with E-state index >= 15 is 0 Å². The van der Waals surface area contributed by atoms with E-state index in [2.05, 4.69) is 13.8 Å². The molecule has 116 valence electrons. The molecule has 1 rings (SSSR count). The highest BCUT2D eigenvalue weighted by molar-refractivity contribution is 5.80. The van der Waals surface area contributed by atoms with Gasteiger partial charge >= 0.3 is 0 Å². The van der Waals surface area contributed by atoms with E-state index in [0.29, 0.717) is 13.1 Å². The van der Waals surface area contributed by atoms with Crippen molar-refractivity contribution in [2.75, 3.05) is 13.1 Å². The molecule has 4 heteroatoms. The SMILES string of the molecule is CCCCCC[C@@H](CC)C(=O)N1CCC(C(N)=O)CC1. The molecule has 0 radical (unpaired) electrons. The van der Waals surface area contributed by atoms with Gasteiger partial charge in [0.2, 0.25) is 11.8 Å². The lowest BCUT2D eigenvalue weighted by molar-refractivity contribution is -0.139. The number of primary amides is 1. The second-order valence-electron chi connectivity index (χ2n) is 5.96. The number of nitrogens with zero attached hydrogens (tertiary/aromatic N) is 1. The van der Waals surface area contributed by atoms with Crippen molar-refractivity contribution in [2.45, 2.75) is 65.2 Å². The highest BCUT2D eigenvalue weighted by Gasteiger charge is 2.28. The van der Waals surface area contributed by atoms with E-state index in [-0.39, 0.29) is 23.7 Å². The van der Waals surface area contributed by atoms with E-state index in [1.165, 1.54) is 19.3 Å². The first kappa shape index (κ1) is 17.0. The van der Waals surface area contributed by atoms with Gasteiger partial charge in [-0.15, -0.1) is 0 Å². The fourth-order valence-electron chi connectivity index (χ4n) is 2.96. The second-order valence-corrected chi connectivity index (χ2v) is 5.96. The summed E-state index contributed by atoms with van der Waals surface area (Å²) in [6.45, 7) is 5.68. The maximum atomic E-state index is 12.5. The summed E-state index contributed by atoms with van der Waals surface area (Å²) in [5, 5.41) is 0. The largest absolute Gasteiger partial charge is 0.369 e. The standard InChI is InChI=1S/C16H30N2O2/c1-3-5-6-7-8-13(4-2)16(20)18-11-9-14(10-12-18)15(17)19/h13-14H,3-12H2,1-2H3,(H2,17,19)/t13-/m1/s1. The Bertz CT molecular complexity index is 310. The number of nitrogens with two attached hydrogens (primary N) is 1. The van der Waals surface area contributed by atoms with Crippen molar-refractivity contribution in [3.8, 4) is 0 Å². The first-order valence-corrected chi connectivity index (χ1v) is 8.18. The number of rotatable bonds is 8. The highest BCUT2D eigenvalue weighted by Crippen LogP contribution is 2.22. The van der Waals surface area contributed by atoms with Crippen molar-refractivity contribution >= 4 is 11.8 Å². The third-order valence-electron chi connectivity index (χ3n) is 4.46. The first-order valence-electron chi connectivity index (χ1n) is 8.18. The molecule has 1 saturated heterocycles. The van der Waals surface area contributed by atoms with E-state index in [1.54, 1.807) is 0 Å². The maximum absolute atomic E-state index is 12.5. The number of hydrogen-bond donors (Lipinski definition) is 1. The molecule has 4 nitrogen and oxygen atoms in total. The summed E-state index contributed by atoms with van der Waals surface area (Å²) in [6.07, 6.45) is 8.24. The molecule has 1 heterocycles. The Morgan fingerprint density at radius 1 is 1.15 bits per heavy atom. The van der Waals surface area contributed by atoms with Gasteiger partial charge in [0, 0.05) is 24.9 Å². The molecule has 0 saturated carbocycles. The molecule has 0 aromatic carbocycles. The van der Waals surface area contributed by atoms with Crippen LogP contribution >= 0.6 is 0 Å². The number of carbonyl (C=O) groups excluding carboxylic acids is 2. The van der Waals surface area contributed by atoms with E-state index in [0.717, 1.165) is 32.1 Å². The van der Waals surface area contributed by atoms with Crippen molar-refractivity contribution < 1.29 is 9.59 Å². The molecular weight excluding hydrogens is 252 g/mol. The van der Waals surface area contributed by atoms with Gasteiger partial charge in [-0.25, -0.2) is 0 Å². The minimum atomic E-state index is -0.219. The zero-order valence-electron chi connectivity index (χ0n) is 13.1. The number of carbonyl (C=O) groups is 2. The third-order valence-corrected chi connectivity index (χ3v) is 4.46. The fourth-order valence-corrected chi connectivity index (χ4v) is 2.96. The molecule has 0 bridgehead atoms. The Kier molecular flexibility index (Phi) is 7.63. The molecule has 2 N–H and O–H groups in total. The average Bonchev–Trinajstić information content (AvgIpc) is 2.47. The van der Waals surface area contributed by atoms with Crippen molar-refractivity contribution in [1.82, 2.24) is 4.90 Å². The van der Waals surface area contributed by atoms with Crippen LogP contribution in [0.3, 0.4) is 0 Å². The molecule has 1 fully saturated rings. The summed E-state index contributed by atoms with van der Waals surface area (Å²) in [5.41, 5.74) is 5.33. The Morgan fingerprint density at radius 2 is 1.80 bits per heavy atom. The van der Waals surface area contributed by atoms with Crippen molar-refractivity contribution in [3.05, 3.63) is 0 Å². The molecule has 1 atom stereocenters. The quantitative estimate of drug-likeness (QED) is 0.696. The lowest BCUT2D eigenvalue weighted by atomic mass is 9.92. The van der Waals surface area contributed by atoms with Crippen molar-refractivity contribution in [3.63, 3.8) is 0 Å². The van der Waals surface area contributed by atoms with Crippen LogP contribution in [0.5, 0.6) is 0 Å². The van der Waals surface area contributed by atoms with Gasteiger partial charge in [0.05, 0.1) is 0 Å². The lowest BCUT2D eigenvalue weighted by Gasteiger charge is -2.33. The summed E-state index contributed by atoms with van der Waals surface area (Å²) in [6, 6.07) is 0. The Labute approximate surface area is 123 Å². The molecule has 1 aliphatic heterocycles. The van der Waals surface area contributed by atoms with Crippen molar-refractivity contribution in [2.24, 2.45) is 17.6 Å². The molecule has 20 heavy (non-hydrogen) atoms.